The zero-order valence-electron chi connectivity index (χ0n) is 17.0. The van der Waals surface area contributed by atoms with E-state index in [2.05, 4.69) is 15.0 Å². The fourth-order valence-corrected chi connectivity index (χ4v) is 3.40. The Balaban J connectivity index is 1.26. The van der Waals surface area contributed by atoms with Crippen LogP contribution in [-0.2, 0) is 13.0 Å². The highest BCUT2D eigenvalue weighted by atomic mass is 35.5. The number of aromatic amines is 1. The minimum Gasteiger partial charge on any atom is -0.486 e. The summed E-state index contributed by atoms with van der Waals surface area (Å²) in [5.41, 5.74) is 2.01. The number of carbonyl (C=O) groups excluding carboxylic acids is 1. The molecule has 2 N–H and O–H groups in total. The van der Waals surface area contributed by atoms with Crippen molar-refractivity contribution in [2.75, 3.05) is 6.54 Å². The van der Waals surface area contributed by atoms with Gasteiger partial charge >= 0.3 is 6.36 Å². The molecule has 0 fully saturated rings. The Morgan fingerprint density at radius 3 is 2.58 bits per heavy atom. The molecule has 0 bridgehead atoms. The first-order valence-electron chi connectivity index (χ1n) is 9.88. The van der Waals surface area contributed by atoms with Crippen LogP contribution in [0, 0.1) is 0 Å². The molecule has 0 saturated heterocycles. The van der Waals surface area contributed by atoms with E-state index in [0.717, 1.165) is 28.6 Å². The first-order chi connectivity index (χ1) is 15.8. The topological polar surface area (TPSA) is 76.5 Å². The van der Waals surface area contributed by atoms with Crippen molar-refractivity contribution in [2.24, 2.45) is 0 Å². The Morgan fingerprint density at radius 2 is 1.82 bits per heavy atom. The standard InChI is InChI=1S/C23H18ClF3N2O4/c24-15-1-7-20-19(11-15)14(12-29-20)9-10-28-22(30)21-8-6-18(32-21)13-31-16-2-4-17(5-3-16)33-23(25,26)27/h1-8,11-12,29H,9-10,13H2,(H,28,30). The average Bonchev–Trinajstić information content (AvgIpc) is 3.39. The molecule has 6 nitrogen and oxygen atoms in total. The van der Waals surface area contributed by atoms with E-state index in [1.807, 2.05) is 24.4 Å². The highest BCUT2D eigenvalue weighted by Gasteiger charge is 2.31. The fourth-order valence-electron chi connectivity index (χ4n) is 3.22. The number of rotatable bonds is 8. The number of hydrogen-bond donors (Lipinski definition) is 2. The molecule has 33 heavy (non-hydrogen) atoms. The molecule has 2 aromatic carbocycles. The first-order valence-corrected chi connectivity index (χ1v) is 10.3. The lowest BCUT2D eigenvalue weighted by molar-refractivity contribution is -0.274. The van der Waals surface area contributed by atoms with Gasteiger partial charge in [-0.15, -0.1) is 13.2 Å². The Hall–Kier alpha value is -3.59. The zero-order valence-corrected chi connectivity index (χ0v) is 17.8. The van der Waals surface area contributed by atoms with Crippen LogP contribution in [0.3, 0.4) is 0 Å². The van der Waals surface area contributed by atoms with E-state index in [-0.39, 0.29) is 24.0 Å². The average molecular weight is 479 g/mol. The van der Waals surface area contributed by atoms with Crippen molar-refractivity contribution < 1.29 is 31.9 Å². The second kappa shape index (κ2) is 9.50. The number of nitrogens with one attached hydrogen (secondary N) is 2. The van der Waals surface area contributed by atoms with Gasteiger partial charge in [0.05, 0.1) is 0 Å². The fraction of sp³-hybridized carbons (Fsp3) is 0.174. The maximum Gasteiger partial charge on any atom is 0.573 e. The van der Waals surface area contributed by atoms with Gasteiger partial charge in [-0.25, -0.2) is 0 Å². The summed E-state index contributed by atoms with van der Waals surface area (Å²) in [6.07, 6.45) is -2.26. The summed E-state index contributed by atoms with van der Waals surface area (Å²) in [6, 6.07) is 13.7. The molecule has 1 amide bonds. The summed E-state index contributed by atoms with van der Waals surface area (Å²) >= 11 is 6.06. The van der Waals surface area contributed by atoms with E-state index >= 15 is 0 Å². The molecular formula is C23H18ClF3N2O4. The number of ether oxygens (including phenoxy) is 2. The van der Waals surface area contributed by atoms with Gasteiger partial charge < -0.3 is 24.2 Å². The van der Waals surface area contributed by atoms with Crippen molar-refractivity contribution in [3.63, 3.8) is 0 Å². The van der Waals surface area contributed by atoms with Crippen LogP contribution in [0.4, 0.5) is 13.2 Å². The number of furan rings is 1. The summed E-state index contributed by atoms with van der Waals surface area (Å²) in [5, 5.41) is 4.45. The van der Waals surface area contributed by atoms with Gasteiger partial charge in [-0.3, -0.25) is 4.79 Å². The molecule has 0 spiro atoms. The maximum atomic E-state index is 12.3. The minimum absolute atomic E-state index is 0.00283. The SMILES string of the molecule is O=C(NCCc1c[nH]c2ccc(Cl)cc12)c1ccc(COc2ccc(OC(F)(F)F)cc2)o1. The highest BCUT2D eigenvalue weighted by molar-refractivity contribution is 6.31. The van der Waals surface area contributed by atoms with E-state index in [9.17, 15) is 18.0 Å². The van der Waals surface area contributed by atoms with Crippen LogP contribution in [0.5, 0.6) is 11.5 Å². The molecule has 2 aromatic heterocycles. The molecule has 0 atom stereocenters. The summed E-state index contributed by atoms with van der Waals surface area (Å²) in [4.78, 5) is 15.5. The third kappa shape index (κ3) is 6.01. The van der Waals surface area contributed by atoms with Crippen LogP contribution in [0.1, 0.15) is 21.9 Å². The lowest BCUT2D eigenvalue weighted by Gasteiger charge is -2.09. The van der Waals surface area contributed by atoms with Gasteiger partial charge in [0.15, 0.2) is 5.76 Å². The van der Waals surface area contributed by atoms with Gasteiger partial charge in [-0.2, -0.15) is 0 Å². The van der Waals surface area contributed by atoms with E-state index in [0.29, 0.717) is 29.5 Å². The van der Waals surface area contributed by atoms with Crippen molar-refractivity contribution in [2.45, 2.75) is 19.4 Å². The molecule has 0 aliphatic rings. The van der Waals surface area contributed by atoms with Crippen molar-refractivity contribution in [1.29, 1.82) is 0 Å². The number of halogens is 4. The van der Waals surface area contributed by atoms with Gasteiger partial charge in [-0.1, -0.05) is 11.6 Å². The van der Waals surface area contributed by atoms with Gasteiger partial charge in [0, 0.05) is 28.7 Å². The monoisotopic (exact) mass is 478 g/mol. The number of aromatic nitrogens is 1. The number of hydrogen-bond acceptors (Lipinski definition) is 4. The number of benzene rings is 2. The van der Waals surface area contributed by atoms with Crippen molar-refractivity contribution in [3.8, 4) is 11.5 Å². The summed E-state index contributed by atoms with van der Waals surface area (Å²) in [7, 11) is 0. The lowest BCUT2D eigenvalue weighted by Crippen LogP contribution is -2.25. The maximum absolute atomic E-state index is 12.3. The number of fused-ring (bicyclic) bond motifs is 1. The molecule has 0 radical (unpaired) electrons. The molecular weight excluding hydrogens is 461 g/mol. The quantitative estimate of drug-likeness (QED) is 0.332. The minimum atomic E-state index is -4.75. The van der Waals surface area contributed by atoms with Gasteiger partial charge in [0.25, 0.3) is 5.91 Å². The second-order valence-electron chi connectivity index (χ2n) is 7.08. The molecule has 10 heteroatoms. The second-order valence-corrected chi connectivity index (χ2v) is 7.52. The van der Waals surface area contributed by atoms with Gasteiger partial charge in [0.1, 0.15) is 23.9 Å². The highest BCUT2D eigenvalue weighted by Crippen LogP contribution is 2.25. The van der Waals surface area contributed by atoms with E-state index in [4.69, 9.17) is 20.8 Å². The predicted octanol–water partition coefficient (Wildman–Crippen LogP) is 5.86. The molecule has 0 aliphatic heterocycles. The van der Waals surface area contributed by atoms with Gasteiger partial charge in [-0.05, 0) is 66.6 Å². The summed E-state index contributed by atoms with van der Waals surface area (Å²) in [5.74, 6) is 0.132. The number of alkyl halides is 3. The van der Waals surface area contributed by atoms with Crippen LogP contribution in [0.15, 0.2) is 65.2 Å². The molecule has 0 aliphatic carbocycles. The molecule has 2 heterocycles. The normalized spacial score (nSPS) is 11.5. The van der Waals surface area contributed by atoms with Crippen LogP contribution in [0.25, 0.3) is 10.9 Å². The largest absolute Gasteiger partial charge is 0.573 e. The zero-order chi connectivity index (χ0) is 23.4. The predicted molar refractivity (Wildman–Crippen MR) is 116 cm³/mol. The summed E-state index contributed by atoms with van der Waals surface area (Å²) < 4.78 is 51.4. The van der Waals surface area contributed by atoms with Crippen LogP contribution in [-0.4, -0.2) is 23.8 Å². The van der Waals surface area contributed by atoms with E-state index in [1.54, 1.807) is 6.07 Å². The molecule has 172 valence electrons. The van der Waals surface area contributed by atoms with Crippen LogP contribution in [0.2, 0.25) is 5.02 Å². The molecule has 0 saturated carbocycles. The van der Waals surface area contributed by atoms with E-state index in [1.165, 1.54) is 18.2 Å². The Kier molecular flexibility index (Phi) is 6.50. The van der Waals surface area contributed by atoms with Gasteiger partial charge in [0.2, 0.25) is 0 Å². The lowest BCUT2D eigenvalue weighted by atomic mass is 10.1. The number of H-pyrrole nitrogens is 1. The van der Waals surface area contributed by atoms with Crippen molar-refractivity contribution in [1.82, 2.24) is 10.3 Å². The molecule has 4 rings (SSSR count). The van der Waals surface area contributed by atoms with Crippen LogP contribution < -0.4 is 14.8 Å². The summed E-state index contributed by atoms with van der Waals surface area (Å²) in [6.45, 7) is 0.403. The number of carbonyl (C=O) groups is 1. The van der Waals surface area contributed by atoms with Crippen molar-refractivity contribution >= 4 is 28.4 Å². The Morgan fingerprint density at radius 1 is 1.06 bits per heavy atom. The first kappa shape index (κ1) is 22.6. The molecule has 0 unspecified atom stereocenters. The molecule has 4 aromatic rings. The third-order valence-electron chi connectivity index (χ3n) is 4.73. The Labute approximate surface area is 191 Å². The van der Waals surface area contributed by atoms with Crippen molar-refractivity contribution in [3.05, 3.63) is 82.9 Å². The third-order valence-corrected chi connectivity index (χ3v) is 4.97. The smallest absolute Gasteiger partial charge is 0.486 e. The Bertz CT molecular complexity index is 1250. The van der Waals surface area contributed by atoms with Crippen LogP contribution >= 0.6 is 11.6 Å². The van der Waals surface area contributed by atoms with E-state index < -0.39 is 6.36 Å². The number of amides is 1.